The van der Waals surface area contributed by atoms with E-state index < -0.39 is 5.79 Å². The summed E-state index contributed by atoms with van der Waals surface area (Å²) in [4.78, 5) is 21.3. The van der Waals surface area contributed by atoms with Crippen LogP contribution >= 0.6 is 0 Å². The molecule has 3 aliphatic heterocycles. The Labute approximate surface area is 189 Å². The molecule has 0 unspecified atom stereocenters. The van der Waals surface area contributed by atoms with Crippen LogP contribution in [-0.2, 0) is 6.54 Å². The quantitative estimate of drug-likeness (QED) is 0.790. The van der Waals surface area contributed by atoms with Gasteiger partial charge in [-0.3, -0.25) is 14.7 Å². The number of carbonyl (C=O) groups excluding carboxylic acids is 1. The number of amides is 1. The molecule has 1 aromatic heterocycles. The van der Waals surface area contributed by atoms with Crippen LogP contribution in [0.2, 0.25) is 0 Å². The molecular formula is C25H32N4O3. The Morgan fingerprint density at radius 2 is 1.78 bits per heavy atom. The molecule has 1 amide bonds. The number of aromatic nitrogens is 1. The number of rotatable bonds is 3. The van der Waals surface area contributed by atoms with Gasteiger partial charge < -0.3 is 20.1 Å². The number of hydrogen-bond donors (Lipinski definition) is 1. The number of para-hydroxylation sites is 1. The van der Waals surface area contributed by atoms with Crippen LogP contribution in [0.1, 0.15) is 55.5 Å². The Balaban J connectivity index is 1.17. The Bertz CT molecular complexity index is 1000. The van der Waals surface area contributed by atoms with E-state index in [9.17, 15) is 4.79 Å². The summed E-state index contributed by atoms with van der Waals surface area (Å²) in [7, 11) is 0. The predicted molar refractivity (Wildman–Crippen MR) is 123 cm³/mol. The lowest BCUT2D eigenvalue weighted by Gasteiger charge is -2.47. The van der Waals surface area contributed by atoms with E-state index in [0.29, 0.717) is 16.7 Å². The monoisotopic (exact) mass is 436 g/mol. The Morgan fingerprint density at radius 1 is 1.06 bits per heavy atom. The molecule has 0 bridgehead atoms. The van der Waals surface area contributed by atoms with Gasteiger partial charge in [0.1, 0.15) is 0 Å². The van der Waals surface area contributed by atoms with Crippen molar-refractivity contribution in [2.45, 2.75) is 51.9 Å². The van der Waals surface area contributed by atoms with Gasteiger partial charge in [0, 0.05) is 45.2 Å². The van der Waals surface area contributed by atoms with Crippen LogP contribution in [0.5, 0.6) is 11.5 Å². The number of fused-ring (bicyclic) bond motifs is 1. The van der Waals surface area contributed by atoms with Gasteiger partial charge in [-0.05, 0) is 56.3 Å². The van der Waals surface area contributed by atoms with Crippen LogP contribution in [0.25, 0.3) is 0 Å². The molecule has 7 nitrogen and oxygen atoms in total. The molecule has 170 valence electrons. The highest BCUT2D eigenvalue weighted by molar-refractivity contribution is 5.98. The topological polar surface area (TPSA) is 80.9 Å². The average Bonchev–Trinajstić information content (AvgIpc) is 3.11. The fourth-order valence-corrected chi connectivity index (χ4v) is 5.30. The number of nitrogen functional groups attached to an aromatic ring is 1. The van der Waals surface area contributed by atoms with Crippen molar-refractivity contribution in [3.8, 4) is 11.5 Å². The van der Waals surface area contributed by atoms with Gasteiger partial charge in [-0.1, -0.05) is 12.1 Å². The van der Waals surface area contributed by atoms with Gasteiger partial charge in [0.05, 0.1) is 17.4 Å². The largest absolute Gasteiger partial charge is 0.449 e. The molecule has 3 aliphatic rings. The molecule has 2 fully saturated rings. The highest BCUT2D eigenvalue weighted by Gasteiger charge is 2.39. The number of pyridine rings is 1. The fraction of sp³-hybridized carbons (Fsp3) is 0.520. The first kappa shape index (κ1) is 21.1. The molecule has 7 heteroatoms. The summed E-state index contributed by atoms with van der Waals surface area (Å²) in [5.41, 5.74) is 8.52. The van der Waals surface area contributed by atoms with Gasteiger partial charge in [-0.2, -0.15) is 0 Å². The molecular weight excluding hydrogens is 404 g/mol. The first-order valence-electron chi connectivity index (χ1n) is 11.6. The number of benzene rings is 1. The highest BCUT2D eigenvalue weighted by Crippen LogP contribution is 2.44. The molecule has 2 N–H and O–H groups in total. The van der Waals surface area contributed by atoms with Crippen LogP contribution in [0.3, 0.4) is 0 Å². The molecule has 1 aromatic carbocycles. The number of nitrogens with zero attached hydrogens (tertiary/aromatic N) is 3. The molecule has 5 rings (SSSR count). The van der Waals surface area contributed by atoms with Crippen molar-refractivity contribution in [2.75, 3.05) is 31.9 Å². The van der Waals surface area contributed by atoms with E-state index >= 15 is 0 Å². The molecule has 2 aromatic rings. The summed E-state index contributed by atoms with van der Waals surface area (Å²) < 4.78 is 12.0. The number of hydrogen-bond acceptors (Lipinski definition) is 6. The van der Waals surface area contributed by atoms with Crippen molar-refractivity contribution in [2.24, 2.45) is 5.41 Å². The third kappa shape index (κ3) is 4.01. The second kappa shape index (κ2) is 7.96. The van der Waals surface area contributed by atoms with Crippen molar-refractivity contribution >= 4 is 11.6 Å². The predicted octanol–water partition coefficient (Wildman–Crippen LogP) is 3.69. The highest BCUT2D eigenvalue weighted by atomic mass is 16.7. The van der Waals surface area contributed by atoms with E-state index in [2.05, 4.69) is 16.0 Å². The first-order chi connectivity index (χ1) is 15.3. The van der Waals surface area contributed by atoms with Crippen molar-refractivity contribution in [1.82, 2.24) is 14.8 Å². The molecule has 32 heavy (non-hydrogen) atoms. The van der Waals surface area contributed by atoms with E-state index in [0.717, 1.165) is 57.1 Å². The number of piperidine rings is 2. The SMILES string of the molecule is CC1(C)Oc2cccc(CN3CCC4(CC3)CCN(C(=O)c3ccncc3N)CC4)c2O1. The van der Waals surface area contributed by atoms with Crippen molar-refractivity contribution < 1.29 is 14.3 Å². The molecule has 0 saturated carbocycles. The van der Waals surface area contributed by atoms with Crippen molar-refractivity contribution in [3.05, 3.63) is 47.8 Å². The lowest BCUT2D eigenvalue weighted by atomic mass is 9.71. The van der Waals surface area contributed by atoms with E-state index in [1.807, 2.05) is 30.9 Å². The minimum Gasteiger partial charge on any atom is -0.449 e. The van der Waals surface area contributed by atoms with E-state index in [1.165, 1.54) is 18.4 Å². The smallest absolute Gasteiger partial charge is 0.256 e. The van der Waals surface area contributed by atoms with Gasteiger partial charge in [0.2, 0.25) is 5.79 Å². The van der Waals surface area contributed by atoms with Gasteiger partial charge in [-0.15, -0.1) is 0 Å². The number of anilines is 1. The minimum absolute atomic E-state index is 0.0280. The van der Waals surface area contributed by atoms with Crippen LogP contribution in [0.15, 0.2) is 36.7 Å². The summed E-state index contributed by atoms with van der Waals surface area (Å²) in [6.45, 7) is 8.51. The lowest BCUT2D eigenvalue weighted by molar-refractivity contribution is -0.0438. The lowest BCUT2D eigenvalue weighted by Crippen LogP contribution is -2.48. The van der Waals surface area contributed by atoms with E-state index in [-0.39, 0.29) is 5.91 Å². The summed E-state index contributed by atoms with van der Waals surface area (Å²) in [5.74, 6) is 1.16. The minimum atomic E-state index is -0.600. The first-order valence-corrected chi connectivity index (χ1v) is 11.6. The van der Waals surface area contributed by atoms with E-state index in [1.54, 1.807) is 18.5 Å². The number of carbonyl (C=O) groups is 1. The standard InChI is InChI=1S/C25H32N4O3/c1-24(2)31-21-5-3-4-18(22(21)32-24)17-28-12-7-25(8-13-28)9-14-29(15-10-25)23(30)19-6-11-27-16-20(19)26/h3-6,11,16H,7-10,12-15,17,26H2,1-2H3. The summed E-state index contributed by atoms with van der Waals surface area (Å²) in [6.07, 6.45) is 7.64. The maximum atomic E-state index is 12.9. The second-order valence-corrected chi connectivity index (χ2v) is 9.88. The zero-order chi connectivity index (χ0) is 22.3. The van der Waals surface area contributed by atoms with Crippen LogP contribution in [0.4, 0.5) is 5.69 Å². The van der Waals surface area contributed by atoms with Gasteiger partial charge in [0.15, 0.2) is 11.5 Å². The average molecular weight is 437 g/mol. The zero-order valence-electron chi connectivity index (χ0n) is 19.0. The van der Waals surface area contributed by atoms with Gasteiger partial charge in [0.25, 0.3) is 5.91 Å². The fourth-order valence-electron chi connectivity index (χ4n) is 5.30. The summed E-state index contributed by atoms with van der Waals surface area (Å²) >= 11 is 0. The maximum Gasteiger partial charge on any atom is 0.256 e. The van der Waals surface area contributed by atoms with Crippen LogP contribution < -0.4 is 15.2 Å². The third-order valence-corrected chi connectivity index (χ3v) is 7.27. The Hall–Kier alpha value is -2.80. The van der Waals surface area contributed by atoms with Gasteiger partial charge >= 0.3 is 0 Å². The second-order valence-electron chi connectivity index (χ2n) is 9.88. The molecule has 4 heterocycles. The molecule has 2 saturated heterocycles. The Morgan fingerprint density at radius 3 is 2.50 bits per heavy atom. The molecule has 0 aliphatic carbocycles. The molecule has 0 atom stereocenters. The number of likely N-dealkylation sites (tertiary alicyclic amines) is 2. The van der Waals surface area contributed by atoms with Crippen molar-refractivity contribution in [3.63, 3.8) is 0 Å². The number of ether oxygens (including phenoxy) is 2. The van der Waals surface area contributed by atoms with Crippen LogP contribution in [-0.4, -0.2) is 52.7 Å². The summed E-state index contributed by atoms with van der Waals surface area (Å²) in [6, 6.07) is 7.89. The Kier molecular flexibility index (Phi) is 5.24. The van der Waals surface area contributed by atoms with Crippen molar-refractivity contribution in [1.29, 1.82) is 0 Å². The molecule has 0 radical (unpaired) electrons. The third-order valence-electron chi connectivity index (χ3n) is 7.27. The zero-order valence-corrected chi connectivity index (χ0v) is 19.0. The normalized spacial score (nSPS) is 21.6. The maximum absolute atomic E-state index is 12.9. The van der Waals surface area contributed by atoms with Crippen LogP contribution in [0, 0.1) is 5.41 Å². The molecule has 1 spiro atoms. The number of nitrogens with two attached hydrogens (primary N) is 1. The van der Waals surface area contributed by atoms with E-state index in [4.69, 9.17) is 15.2 Å². The van der Waals surface area contributed by atoms with Gasteiger partial charge in [-0.25, -0.2) is 0 Å². The summed E-state index contributed by atoms with van der Waals surface area (Å²) in [5, 5.41) is 0.